The van der Waals surface area contributed by atoms with Crippen LogP contribution < -0.4 is 5.73 Å². The zero-order valence-corrected chi connectivity index (χ0v) is 8.29. The molecule has 0 bridgehead atoms. The summed E-state index contributed by atoms with van der Waals surface area (Å²) < 4.78 is 0. The summed E-state index contributed by atoms with van der Waals surface area (Å²) in [6.07, 6.45) is 0. The second kappa shape index (κ2) is 3.77. The first kappa shape index (κ1) is 9.18. The summed E-state index contributed by atoms with van der Waals surface area (Å²) in [4.78, 5) is 5.00. The summed E-state index contributed by atoms with van der Waals surface area (Å²) in [6, 6.07) is 9.72. The normalized spacial score (nSPS) is 10.4. The van der Waals surface area contributed by atoms with Crippen molar-refractivity contribution in [1.29, 1.82) is 0 Å². The standard InChI is InChI=1S/C10H10N2OS/c11-10-12-9(8(6-13)14-10)7-4-2-1-3-5-7/h1-5,13H,6H2,(H2,11,12). The van der Waals surface area contributed by atoms with Crippen LogP contribution in [0.15, 0.2) is 30.3 Å². The van der Waals surface area contributed by atoms with E-state index in [1.807, 2.05) is 30.3 Å². The van der Waals surface area contributed by atoms with Crippen molar-refractivity contribution in [2.24, 2.45) is 0 Å². The molecule has 0 saturated heterocycles. The van der Waals surface area contributed by atoms with Gasteiger partial charge in [-0.05, 0) is 0 Å². The molecule has 0 spiro atoms. The molecule has 1 aromatic carbocycles. The number of thiazole rings is 1. The van der Waals surface area contributed by atoms with Gasteiger partial charge in [-0.1, -0.05) is 41.7 Å². The molecule has 72 valence electrons. The fraction of sp³-hybridized carbons (Fsp3) is 0.100. The largest absolute Gasteiger partial charge is 0.391 e. The minimum Gasteiger partial charge on any atom is -0.391 e. The first-order chi connectivity index (χ1) is 6.81. The minimum atomic E-state index is -0.0148. The maximum atomic E-state index is 9.11. The van der Waals surface area contributed by atoms with E-state index in [2.05, 4.69) is 4.98 Å². The zero-order chi connectivity index (χ0) is 9.97. The van der Waals surface area contributed by atoms with Crippen LogP contribution >= 0.6 is 11.3 Å². The number of aromatic nitrogens is 1. The van der Waals surface area contributed by atoms with Crippen LogP contribution in [0, 0.1) is 0 Å². The second-order valence-corrected chi connectivity index (χ2v) is 3.96. The van der Waals surface area contributed by atoms with Gasteiger partial charge in [0.15, 0.2) is 5.13 Å². The molecule has 2 aromatic rings. The van der Waals surface area contributed by atoms with E-state index < -0.39 is 0 Å². The van der Waals surface area contributed by atoms with Crippen molar-refractivity contribution in [3.05, 3.63) is 35.2 Å². The van der Waals surface area contributed by atoms with Gasteiger partial charge in [-0.25, -0.2) is 4.98 Å². The Morgan fingerprint density at radius 2 is 2.00 bits per heavy atom. The fourth-order valence-corrected chi connectivity index (χ4v) is 2.01. The minimum absolute atomic E-state index is 0.0148. The number of nitrogens with two attached hydrogens (primary N) is 1. The van der Waals surface area contributed by atoms with Crippen LogP contribution in [-0.2, 0) is 6.61 Å². The van der Waals surface area contributed by atoms with E-state index in [1.165, 1.54) is 11.3 Å². The molecule has 0 radical (unpaired) electrons. The third-order valence-electron chi connectivity index (χ3n) is 1.90. The van der Waals surface area contributed by atoms with Gasteiger partial charge in [0.05, 0.1) is 17.2 Å². The number of rotatable bonds is 2. The number of hydrogen-bond donors (Lipinski definition) is 2. The highest BCUT2D eigenvalue weighted by atomic mass is 32.1. The van der Waals surface area contributed by atoms with E-state index in [0.717, 1.165) is 16.1 Å². The van der Waals surface area contributed by atoms with Crippen molar-refractivity contribution < 1.29 is 5.11 Å². The quantitative estimate of drug-likeness (QED) is 0.788. The monoisotopic (exact) mass is 206 g/mol. The lowest BCUT2D eigenvalue weighted by molar-refractivity contribution is 0.286. The predicted molar refractivity (Wildman–Crippen MR) is 57.9 cm³/mol. The first-order valence-corrected chi connectivity index (χ1v) is 5.04. The molecule has 0 amide bonds. The number of nitrogens with zero attached hydrogens (tertiary/aromatic N) is 1. The second-order valence-electron chi connectivity index (χ2n) is 2.85. The molecule has 2 rings (SSSR count). The molecule has 0 unspecified atom stereocenters. The van der Waals surface area contributed by atoms with Crippen LogP contribution in [0.4, 0.5) is 5.13 Å². The molecule has 0 aliphatic heterocycles. The molecule has 14 heavy (non-hydrogen) atoms. The summed E-state index contributed by atoms with van der Waals surface area (Å²) in [5.74, 6) is 0. The van der Waals surface area contributed by atoms with Gasteiger partial charge in [0.2, 0.25) is 0 Å². The fourth-order valence-electron chi connectivity index (χ4n) is 1.30. The lowest BCUT2D eigenvalue weighted by Gasteiger charge is -1.97. The molecular weight excluding hydrogens is 196 g/mol. The first-order valence-electron chi connectivity index (χ1n) is 4.22. The van der Waals surface area contributed by atoms with Gasteiger partial charge in [0, 0.05) is 5.56 Å². The van der Waals surface area contributed by atoms with Crippen LogP contribution in [0.1, 0.15) is 4.88 Å². The summed E-state index contributed by atoms with van der Waals surface area (Å²) >= 11 is 1.33. The Bertz CT molecular complexity index is 425. The Kier molecular flexibility index (Phi) is 2.47. The van der Waals surface area contributed by atoms with Gasteiger partial charge in [0.1, 0.15) is 0 Å². The molecule has 0 aliphatic carbocycles. The van der Waals surface area contributed by atoms with E-state index >= 15 is 0 Å². The number of aliphatic hydroxyl groups excluding tert-OH is 1. The molecule has 0 atom stereocenters. The van der Waals surface area contributed by atoms with Crippen LogP contribution in [0.5, 0.6) is 0 Å². The highest BCUT2D eigenvalue weighted by Crippen LogP contribution is 2.29. The molecule has 0 aliphatic rings. The molecule has 1 aromatic heterocycles. The van der Waals surface area contributed by atoms with Crippen molar-refractivity contribution in [3.8, 4) is 11.3 Å². The number of aliphatic hydroxyl groups is 1. The smallest absolute Gasteiger partial charge is 0.180 e. The lowest BCUT2D eigenvalue weighted by atomic mass is 10.1. The maximum absolute atomic E-state index is 9.11. The van der Waals surface area contributed by atoms with Crippen molar-refractivity contribution in [2.45, 2.75) is 6.61 Å². The predicted octanol–water partition coefficient (Wildman–Crippen LogP) is 1.88. The zero-order valence-electron chi connectivity index (χ0n) is 7.47. The van der Waals surface area contributed by atoms with E-state index in [9.17, 15) is 0 Å². The highest BCUT2D eigenvalue weighted by molar-refractivity contribution is 7.15. The van der Waals surface area contributed by atoms with Gasteiger partial charge in [0.25, 0.3) is 0 Å². The molecule has 4 heteroatoms. The molecular formula is C10H10N2OS. The summed E-state index contributed by atoms with van der Waals surface area (Å²) in [7, 11) is 0. The van der Waals surface area contributed by atoms with E-state index in [-0.39, 0.29) is 6.61 Å². The Morgan fingerprint density at radius 3 is 2.64 bits per heavy atom. The van der Waals surface area contributed by atoms with Crippen LogP contribution in [0.25, 0.3) is 11.3 Å². The SMILES string of the molecule is Nc1nc(-c2ccccc2)c(CO)s1. The summed E-state index contributed by atoms with van der Waals surface area (Å²) in [6.45, 7) is -0.0148. The Labute approximate surface area is 85.8 Å². The third-order valence-corrected chi connectivity index (χ3v) is 2.77. The number of anilines is 1. The molecule has 3 nitrogen and oxygen atoms in total. The van der Waals surface area contributed by atoms with E-state index in [1.54, 1.807) is 0 Å². The number of benzene rings is 1. The lowest BCUT2D eigenvalue weighted by Crippen LogP contribution is -1.85. The van der Waals surface area contributed by atoms with Crippen LogP contribution in [0.2, 0.25) is 0 Å². The van der Waals surface area contributed by atoms with Crippen molar-refractivity contribution in [3.63, 3.8) is 0 Å². The van der Waals surface area contributed by atoms with Crippen LogP contribution in [0.3, 0.4) is 0 Å². The topological polar surface area (TPSA) is 59.1 Å². The Morgan fingerprint density at radius 1 is 1.29 bits per heavy atom. The van der Waals surface area contributed by atoms with Crippen molar-refractivity contribution in [1.82, 2.24) is 4.98 Å². The Balaban J connectivity index is 2.51. The van der Waals surface area contributed by atoms with Gasteiger partial charge in [-0.3, -0.25) is 0 Å². The summed E-state index contributed by atoms with van der Waals surface area (Å²) in [5.41, 5.74) is 7.37. The molecule has 3 N–H and O–H groups in total. The van der Waals surface area contributed by atoms with Crippen molar-refractivity contribution in [2.75, 3.05) is 5.73 Å². The molecule has 0 saturated carbocycles. The van der Waals surface area contributed by atoms with Gasteiger partial charge in [-0.2, -0.15) is 0 Å². The third kappa shape index (κ3) is 1.62. The number of nitrogen functional groups attached to an aromatic ring is 1. The average molecular weight is 206 g/mol. The highest BCUT2D eigenvalue weighted by Gasteiger charge is 2.09. The number of hydrogen-bond acceptors (Lipinski definition) is 4. The average Bonchev–Trinajstić information content (AvgIpc) is 2.61. The molecule has 1 heterocycles. The van der Waals surface area contributed by atoms with Gasteiger partial charge in [-0.15, -0.1) is 0 Å². The summed E-state index contributed by atoms with van der Waals surface area (Å²) in [5, 5.41) is 9.60. The van der Waals surface area contributed by atoms with E-state index in [0.29, 0.717) is 5.13 Å². The van der Waals surface area contributed by atoms with Crippen molar-refractivity contribution >= 4 is 16.5 Å². The molecule has 0 fully saturated rings. The van der Waals surface area contributed by atoms with Crippen LogP contribution in [-0.4, -0.2) is 10.1 Å². The maximum Gasteiger partial charge on any atom is 0.180 e. The van der Waals surface area contributed by atoms with Gasteiger partial charge >= 0.3 is 0 Å². The van der Waals surface area contributed by atoms with Gasteiger partial charge < -0.3 is 10.8 Å². The Hall–Kier alpha value is -1.39. The van der Waals surface area contributed by atoms with E-state index in [4.69, 9.17) is 10.8 Å².